The van der Waals surface area contributed by atoms with Crippen molar-refractivity contribution in [2.45, 2.75) is 13.8 Å². The zero-order valence-corrected chi connectivity index (χ0v) is 8.60. The average molecular weight is 200 g/mol. The Morgan fingerprint density at radius 3 is 2.85 bits per heavy atom. The molecule has 0 aromatic carbocycles. The summed E-state index contributed by atoms with van der Waals surface area (Å²) < 4.78 is 0. The molecule has 0 fully saturated rings. The molecule has 1 heterocycles. The van der Waals surface area contributed by atoms with Crippen LogP contribution in [0, 0.1) is 5.92 Å². The summed E-state index contributed by atoms with van der Waals surface area (Å²) in [5.41, 5.74) is 6.09. The van der Waals surface area contributed by atoms with Crippen LogP contribution in [-0.2, 0) is 0 Å². The molecule has 0 radical (unpaired) electrons. The molecule has 0 unspecified atom stereocenters. The van der Waals surface area contributed by atoms with E-state index in [2.05, 4.69) is 24.1 Å². The Kier molecular flexibility index (Phi) is 3.37. The molecule has 0 aliphatic heterocycles. The van der Waals surface area contributed by atoms with Gasteiger partial charge in [0.05, 0.1) is 16.9 Å². The highest BCUT2D eigenvalue weighted by Crippen LogP contribution is 2.20. The topological polar surface area (TPSA) is 50.9 Å². The van der Waals surface area contributed by atoms with Gasteiger partial charge in [0.15, 0.2) is 0 Å². The number of anilines is 2. The summed E-state index contributed by atoms with van der Waals surface area (Å²) >= 11 is 5.91. The average Bonchev–Trinajstić information content (AvgIpc) is 2.02. The van der Waals surface area contributed by atoms with Gasteiger partial charge in [-0.05, 0) is 12.0 Å². The van der Waals surface area contributed by atoms with Crippen molar-refractivity contribution in [3.63, 3.8) is 0 Å². The minimum absolute atomic E-state index is 0.565. The highest BCUT2D eigenvalue weighted by atomic mass is 35.5. The molecule has 1 aromatic heterocycles. The zero-order chi connectivity index (χ0) is 9.84. The van der Waals surface area contributed by atoms with Crippen molar-refractivity contribution in [2.75, 3.05) is 17.6 Å². The summed E-state index contributed by atoms with van der Waals surface area (Å²) in [7, 11) is 0. The van der Waals surface area contributed by atoms with Gasteiger partial charge < -0.3 is 11.1 Å². The van der Waals surface area contributed by atoms with E-state index in [1.807, 2.05) is 0 Å². The predicted molar refractivity (Wildman–Crippen MR) is 57.0 cm³/mol. The Balaban J connectivity index is 2.67. The van der Waals surface area contributed by atoms with Gasteiger partial charge in [-0.2, -0.15) is 0 Å². The Morgan fingerprint density at radius 1 is 1.62 bits per heavy atom. The van der Waals surface area contributed by atoms with Crippen LogP contribution in [0.4, 0.5) is 11.5 Å². The summed E-state index contributed by atoms with van der Waals surface area (Å²) in [5, 5.41) is 3.71. The van der Waals surface area contributed by atoms with E-state index in [9.17, 15) is 0 Å². The highest BCUT2D eigenvalue weighted by Gasteiger charge is 2.02. The van der Waals surface area contributed by atoms with Crippen LogP contribution < -0.4 is 11.1 Å². The van der Waals surface area contributed by atoms with Gasteiger partial charge in [-0.25, -0.2) is 4.98 Å². The first-order valence-electron chi connectivity index (χ1n) is 4.24. The first-order chi connectivity index (χ1) is 6.09. The van der Waals surface area contributed by atoms with Gasteiger partial charge in [-0.3, -0.25) is 0 Å². The fourth-order valence-electron chi connectivity index (χ4n) is 0.884. The van der Waals surface area contributed by atoms with Crippen LogP contribution in [0.1, 0.15) is 13.8 Å². The summed E-state index contributed by atoms with van der Waals surface area (Å²) in [4.78, 5) is 4.08. The number of rotatable bonds is 3. The van der Waals surface area contributed by atoms with Gasteiger partial charge in [0.2, 0.25) is 0 Å². The van der Waals surface area contributed by atoms with Crippen molar-refractivity contribution in [1.82, 2.24) is 4.98 Å². The van der Waals surface area contributed by atoms with Crippen molar-refractivity contribution in [3.05, 3.63) is 17.3 Å². The molecule has 0 aliphatic rings. The van der Waals surface area contributed by atoms with E-state index >= 15 is 0 Å². The molecule has 0 spiro atoms. The molecule has 0 aliphatic carbocycles. The third kappa shape index (κ3) is 3.11. The Morgan fingerprint density at radius 2 is 2.31 bits per heavy atom. The van der Waals surface area contributed by atoms with Crippen LogP contribution in [-0.4, -0.2) is 11.5 Å². The normalized spacial score (nSPS) is 10.5. The summed E-state index contributed by atoms with van der Waals surface area (Å²) in [6.07, 6.45) is 1.59. The van der Waals surface area contributed by atoms with Gasteiger partial charge in [-0.15, -0.1) is 0 Å². The maximum atomic E-state index is 5.91. The SMILES string of the molecule is CC(C)CNc1ncc(N)cc1Cl. The second-order valence-electron chi connectivity index (χ2n) is 3.37. The quantitative estimate of drug-likeness (QED) is 0.786. The van der Waals surface area contributed by atoms with Crippen LogP contribution in [0.3, 0.4) is 0 Å². The van der Waals surface area contributed by atoms with Crippen LogP contribution in [0.2, 0.25) is 5.02 Å². The van der Waals surface area contributed by atoms with Crippen LogP contribution >= 0.6 is 11.6 Å². The minimum atomic E-state index is 0.565. The molecule has 0 atom stereocenters. The number of halogens is 1. The van der Waals surface area contributed by atoms with Crippen molar-refractivity contribution >= 4 is 23.1 Å². The van der Waals surface area contributed by atoms with Crippen molar-refractivity contribution in [3.8, 4) is 0 Å². The van der Waals surface area contributed by atoms with Gasteiger partial charge >= 0.3 is 0 Å². The van der Waals surface area contributed by atoms with Gasteiger partial charge in [0.1, 0.15) is 5.82 Å². The zero-order valence-electron chi connectivity index (χ0n) is 7.84. The number of nitrogens with zero attached hydrogens (tertiary/aromatic N) is 1. The molecule has 0 amide bonds. The molecule has 13 heavy (non-hydrogen) atoms. The molecule has 4 heteroatoms. The third-order valence-electron chi connectivity index (χ3n) is 1.54. The maximum Gasteiger partial charge on any atom is 0.144 e. The summed E-state index contributed by atoms with van der Waals surface area (Å²) in [6.45, 7) is 5.10. The number of pyridine rings is 1. The molecule has 3 nitrogen and oxygen atoms in total. The lowest BCUT2D eigenvalue weighted by Crippen LogP contribution is -2.09. The molecule has 3 N–H and O–H groups in total. The Hall–Kier alpha value is -0.960. The molecule has 72 valence electrons. The molecule has 0 saturated carbocycles. The Bertz CT molecular complexity index is 286. The molecule has 1 aromatic rings. The monoisotopic (exact) mass is 199 g/mol. The lowest BCUT2D eigenvalue weighted by Gasteiger charge is -2.09. The number of nitrogen functional groups attached to an aromatic ring is 1. The maximum absolute atomic E-state index is 5.91. The molecule has 0 saturated heterocycles. The smallest absolute Gasteiger partial charge is 0.144 e. The van der Waals surface area contributed by atoms with Crippen LogP contribution in [0.25, 0.3) is 0 Å². The Labute approximate surface area is 83.3 Å². The van der Waals surface area contributed by atoms with Crippen molar-refractivity contribution in [2.24, 2.45) is 5.92 Å². The fraction of sp³-hybridized carbons (Fsp3) is 0.444. The highest BCUT2D eigenvalue weighted by molar-refractivity contribution is 6.33. The number of hydrogen-bond acceptors (Lipinski definition) is 3. The van der Waals surface area contributed by atoms with E-state index in [1.165, 1.54) is 0 Å². The summed E-state index contributed by atoms with van der Waals surface area (Å²) in [5.74, 6) is 1.26. The second kappa shape index (κ2) is 4.33. The molecule has 0 bridgehead atoms. The van der Waals surface area contributed by atoms with E-state index in [-0.39, 0.29) is 0 Å². The largest absolute Gasteiger partial charge is 0.397 e. The van der Waals surface area contributed by atoms with E-state index in [4.69, 9.17) is 17.3 Å². The second-order valence-corrected chi connectivity index (χ2v) is 3.78. The lowest BCUT2D eigenvalue weighted by atomic mass is 10.2. The van der Waals surface area contributed by atoms with E-state index in [0.29, 0.717) is 22.4 Å². The molecule has 1 rings (SSSR count). The van der Waals surface area contributed by atoms with E-state index in [1.54, 1.807) is 12.3 Å². The standard InChI is InChI=1S/C9H14ClN3/c1-6(2)4-12-9-8(10)3-7(11)5-13-9/h3,5-6H,4,11H2,1-2H3,(H,12,13). The van der Waals surface area contributed by atoms with E-state index < -0.39 is 0 Å². The van der Waals surface area contributed by atoms with Crippen molar-refractivity contribution in [1.29, 1.82) is 0 Å². The third-order valence-corrected chi connectivity index (χ3v) is 1.83. The van der Waals surface area contributed by atoms with Crippen molar-refractivity contribution < 1.29 is 0 Å². The van der Waals surface area contributed by atoms with Gasteiger partial charge in [0, 0.05) is 6.54 Å². The summed E-state index contributed by atoms with van der Waals surface area (Å²) in [6, 6.07) is 1.69. The first-order valence-corrected chi connectivity index (χ1v) is 4.62. The molecular formula is C9H14ClN3. The number of nitrogens with one attached hydrogen (secondary N) is 1. The molecular weight excluding hydrogens is 186 g/mol. The van der Waals surface area contributed by atoms with Gasteiger partial charge in [-0.1, -0.05) is 25.4 Å². The number of aromatic nitrogens is 1. The van der Waals surface area contributed by atoms with Gasteiger partial charge in [0.25, 0.3) is 0 Å². The number of nitrogens with two attached hydrogens (primary N) is 1. The van der Waals surface area contributed by atoms with Crippen LogP contribution in [0.15, 0.2) is 12.3 Å². The lowest BCUT2D eigenvalue weighted by molar-refractivity contribution is 0.687. The first kappa shape index (κ1) is 10.1. The van der Waals surface area contributed by atoms with Crippen LogP contribution in [0.5, 0.6) is 0 Å². The number of hydrogen-bond donors (Lipinski definition) is 2. The minimum Gasteiger partial charge on any atom is -0.397 e. The predicted octanol–water partition coefficient (Wildman–Crippen LogP) is 2.39. The fourth-order valence-corrected chi connectivity index (χ4v) is 1.13. The van der Waals surface area contributed by atoms with E-state index in [0.717, 1.165) is 6.54 Å².